The average Bonchev–Trinajstić information content (AvgIpc) is 2.86. The Morgan fingerprint density at radius 2 is 1.62 bits per heavy atom. The maximum atomic E-state index is 13.7. The van der Waals surface area contributed by atoms with Crippen LogP contribution in [0.5, 0.6) is 5.88 Å². The zero-order chi connectivity index (χ0) is 24.6. The molecule has 0 spiro atoms. The zero-order valence-electron chi connectivity index (χ0n) is 19.5. The van der Waals surface area contributed by atoms with Crippen LogP contribution in [0.25, 0.3) is 0 Å². The average molecular weight is 484 g/mol. The third kappa shape index (κ3) is 5.92. The van der Waals surface area contributed by atoms with Gasteiger partial charge in [-0.15, -0.1) is 0 Å². The number of pyridine rings is 1. The van der Waals surface area contributed by atoms with Crippen LogP contribution in [-0.2, 0) is 14.8 Å². The molecule has 0 radical (unpaired) electrons. The molecule has 0 aliphatic heterocycles. The van der Waals surface area contributed by atoms with E-state index in [1.807, 2.05) is 6.07 Å². The number of methoxy groups -OCH3 is 2. The fourth-order valence-electron chi connectivity index (χ4n) is 3.48. The first kappa shape index (κ1) is 25.2. The van der Waals surface area contributed by atoms with Crippen molar-refractivity contribution in [3.63, 3.8) is 0 Å². The lowest BCUT2D eigenvalue weighted by molar-refractivity contribution is 0.0702. The van der Waals surface area contributed by atoms with E-state index in [0.29, 0.717) is 35.8 Å². The lowest BCUT2D eigenvalue weighted by Gasteiger charge is -2.29. The zero-order valence-corrected chi connectivity index (χ0v) is 20.4. The fourth-order valence-corrected chi connectivity index (χ4v) is 5.16. The second-order valence-electron chi connectivity index (χ2n) is 7.55. The van der Waals surface area contributed by atoms with Crippen LogP contribution >= 0.6 is 0 Å². The summed E-state index contributed by atoms with van der Waals surface area (Å²) in [7, 11) is -0.876. The first-order valence-electron chi connectivity index (χ1n) is 10.8. The standard InChI is InChI=1S/C25H29N3O5S/c1-20-9-7-8-12-23(20)34(30,31)28(22-13-14-24(33-3)26-19-22)16-15-27(17-18-32-2)25(29)21-10-5-4-6-11-21/h4-14,19H,15-18H2,1-3H3. The predicted octanol–water partition coefficient (Wildman–Crippen LogP) is 3.38. The summed E-state index contributed by atoms with van der Waals surface area (Å²) in [6.45, 7) is 2.60. The molecule has 0 atom stereocenters. The number of carbonyl (C=O) groups excluding carboxylic acids is 1. The summed E-state index contributed by atoms with van der Waals surface area (Å²) < 4.78 is 39.0. The van der Waals surface area contributed by atoms with E-state index in [0.717, 1.165) is 0 Å². The number of aromatic nitrogens is 1. The van der Waals surface area contributed by atoms with Crippen molar-refractivity contribution in [2.24, 2.45) is 0 Å². The van der Waals surface area contributed by atoms with Crippen LogP contribution < -0.4 is 9.04 Å². The molecule has 2 aromatic carbocycles. The minimum atomic E-state index is -3.93. The van der Waals surface area contributed by atoms with Crippen molar-refractivity contribution in [2.75, 3.05) is 44.8 Å². The summed E-state index contributed by atoms with van der Waals surface area (Å²) in [5.41, 5.74) is 1.53. The summed E-state index contributed by atoms with van der Waals surface area (Å²) in [5.74, 6) is 0.178. The van der Waals surface area contributed by atoms with E-state index in [4.69, 9.17) is 9.47 Å². The molecule has 1 heterocycles. The Hall–Kier alpha value is -3.43. The lowest BCUT2D eigenvalue weighted by atomic mass is 10.2. The Kier molecular flexibility index (Phi) is 8.61. The molecule has 3 rings (SSSR count). The molecule has 0 aliphatic rings. The van der Waals surface area contributed by atoms with Gasteiger partial charge < -0.3 is 14.4 Å². The largest absolute Gasteiger partial charge is 0.481 e. The van der Waals surface area contributed by atoms with Gasteiger partial charge >= 0.3 is 0 Å². The number of anilines is 1. The summed E-state index contributed by atoms with van der Waals surface area (Å²) >= 11 is 0. The van der Waals surface area contributed by atoms with Gasteiger partial charge in [-0.05, 0) is 36.8 Å². The summed E-state index contributed by atoms with van der Waals surface area (Å²) in [6.07, 6.45) is 1.45. The van der Waals surface area contributed by atoms with Gasteiger partial charge in [-0.2, -0.15) is 0 Å². The van der Waals surface area contributed by atoms with Crippen LogP contribution in [0.15, 0.2) is 77.8 Å². The third-order valence-corrected chi connectivity index (χ3v) is 7.31. The third-order valence-electron chi connectivity index (χ3n) is 5.33. The van der Waals surface area contributed by atoms with E-state index in [1.54, 1.807) is 79.6 Å². The smallest absolute Gasteiger partial charge is 0.264 e. The molecule has 0 N–H and O–H groups in total. The Morgan fingerprint density at radius 1 is 0.912 bits per heavy atom. The number of carbonyl (C=O) groups is 1. The van der Waals surface area contributed by atoms with Crippen molar-refractivity contribution in [3.8, 4) is 5.88 Å². The van der Waals surface area contributed by atoms with E-state index in [2.05, 4.69) is 4.98 Å². The van der Waals surface area contributed by atoms with Gasteiger partial charge in [-0.3, -0.25) is 9.10 Å². The fraction of sp³-hybridized carbons (Fsp3) is 0.280. The number of aryl methyl sites for hydroxylation is 1. The van der Waals surface area contributed by atoms with Gasteiger partial charge in [0.1, 0.15) is 0 Å². The van der Waals surface area contributed by atoms with Gasteiger partial charge in [0.15, 0.2) is 0 Å². The molecule has 1 amide bonds. The number of hydrogen-bond acceptors (Lipinski definition) is 6. The maximum absolute atomic E-state index is 13.7. The maximum Gasteiger partial charge on any atom is 0.264 e. The molecule has 3 aromatic rings. The van der Waals surface area contributed by atoms with Crippen LogP contribution in [0.4, 0.5) is 5.69 Å². The Bertz CT molecular complexity index is 1180. The molecule has 0 fully saturated rings. The van der Waals surface area contributed by atoms with Gasteiger partial charge in [-0.25, -0.2) is 13.4 Å². The van der Waals surface area contributed by atoms with Crippen molar-refractivity contribution < 1.29 is 22.7 Å². The van der Waals surface area contributed by atoms with Crippen LogP contribution in [0.1, 0.15) is 15.9 Å². The molecule has 9 heteroatoms. The number of hydrogen-bond donors (Lipinski definition) is 0. The quantitative estimate of drug-likeness (QED) is 0.415. The van der Waals surface area contributed by atoms with E-state index in [9.17, 15) is 13.2 Å². The Labute approximate surface area is 200 Å². The van der Waals surface area contributed by atoms with Gasteiger partial charge in [0.2, 0.25) is 5.88 Å². The lowest BCUT2D eigenvalue weighted by Crippen LogP contribution is -2.42. The van der Waals surface area contributed by atoms with Gasteiger partial charge in [-0.1, -0.05) is 36.4 Å². The van der Waals surface area contributed by atoms with Gasteiger partial charge in [0, 0.05) is 31.8 Å². The number of benzene rings is 2. The molecule has 180 valence electrons. The van der Waals surface area contributed by atoms with Gasteiger partial charge in [0.05, 0.1) is 37.0 Å². The first-order chi connectivity index (χ1) is 16.4. The molecule has 34 heavy (non-hydrogen) atoms. The van der Waals surface area contributed by atoms with E-state index in [-0.39, 0.29) is 23.9 Å². The minimum absolute atomic E-state index is 0.0347. The molecule has 1 aromatic heterocycles. The molecule has 0 unspecified atom stereocenters. The summed E-state index contributed by atoms with van der Waals surface area (Å²) in [5, 5.41) is 0. The normalized spacial score (nSPS) is 11.1. The highest BCUT2D eigenvalue weighted by molar-refractivity contribution is 7.92. The second-order valence-corrected chi connectivity index (χ2v) is 9.38. The van der Waals surface area contributed by atoms with Crippen molar-refractivity contribution >= 4 is 21.6 Å². The number of sulfonamides is 1. The molecule has 0 bridgehead atoms. The SMILES string of the molecule is COCCN(CCN(c1ccc(OC)nc1)S(=O)(=O)c1ccccc1C)C(=O)c1ccccc1. The first-order valence-corrected chi connectivity index (χ1v) is 12.2. The van der Waals surface area contributed by atoms with Gasteiger partial charge in [0.25, 0.3) is 15.9 Å². The van der Waals surface area contributed by atoms with Crippen LogP contribution in [0.2, 0.25) is 0 Å². The van der Waals surface area contributed by atoms with E-state index in [1.165, 1.54) is 17.6 Å². The second kappa shape index (κ2) is 11.6. The molecular weight excluding hydrogens is 454 g/mol. The topological polar surface area (TPSA) is 89.0 Å². The summed E-state index contributed by atoms with van der Waals surface area (Å²) in [4.78, 5) is 19.1. The van der Waals surface area contributed by atoms with Crippen LogP contribution in [0.3, 0.4) is 0 Å². The molecular formula is C25H29N3O5S. The predicted molar refractivity (Wildman–Crippen MR) is 131 cm³/mol. The highest BCUT2D eigenvalue weighted by Crippen LogP contribution is 2.26. The van der Waals surface area contributed by atoms with Crippen molar-refractivity contribution in [3.05, 3.63) is 84.1 Å². The number of ether oxygens (including phenoxy) is 2. The highest BCUT2D eigenvalue weighted by Gasteiger charge is 2.28. The Morgan fingerprint density at radius 3 is 2.24 bits per heavy atom. The van der Waals surface area contributed by atoms with E-state index >= 15 is 0 Å². The van der Waals surface area contributed by atoms with E-state index < -0.39 is 10.0 Å². The minimum Gasteiger partial charge on any atom is -0.481 e. The molecule has 0 saturated heterocycles. The summed E-state index contributed by atoms with van der Waals surface area (Å²) in [6, 6.07) is 18.9. The van der Waals surface area contributed by atoms with Crippen LogP contribution in [-0.4, -0.2) is 64.7 Å². The van der Waals surface area contributed by atoms with Crippen molar-refractivity contribution in [1.82, 2.24) is 9.88 Å². The number of rotatable bonds is 11. The van der Waals surface area contributed by atoms with Crippen molar-refractivity contribution in [2.45, 2.75) is 11.8 Å². The molecule has 0 aliphatic carbocycles. The van der Waals surface area contributed by atoms with Crippen molar-refractivity contribution in [1.29, 1.82) is 0 Å². The molecule has 0 saturated carbocycles. The monoisotopic (exact) mass is 483 g/mol. The molecule has 8 nitrogen and oxygen atoms in total. The highest BCUT2D eigenvalue weighted by atomic mass is 32.2. The number of amides is 1. The van der Waals surface area contributed by atoms with Crippen LogP contribution in [0, 0.1) is 6.92 Å². The Balaban J connectivity index is 1.95. The number of nitrogens with zero attached hydrogens (tertiary/aromatic N) is 3.